The average Bonchev–Trinajstić information content (AvgIpc) is 3.18. The minimum absolute atomic E-state index is 0. The molecule has 1 saturated carbocycles. The molecule has 110 valence electrons. The second kappa shape index (κ2) is 5.40. The van der Waals surface area contributed by atoms with Crippen LogP contribution in [-0.4, -0.2) is 26.2 Å². The van der Waals surface area contributed by atoms with Gasteiger partial charge in [-0.15, -0.1) is 12.4 Å². The molecule has 1 aliphatic carbocycles. The van der Waals surface area contributed by atoms with Crippen molar-refractivity contribution >= 4 is 29.7 Å². The topological polar surface area (TPSA) is 15.3 Å². The quantitative estimate of drug-likeness (QED) is 0.897. The molecule has 0 amide bonds. The van der Waals surface area contributed by atoms with Crippen molar-refractivity contribution < 1.29 is 0 Å². The van der Waals surface area contributed by atoms with E-state index < -0.39 is 0 Å². The Bertz CT molecular complexity index is 493. The van der Waals surface area contributed by atoms with Crippen LogP contribution in [0.25, 0.3) is 0 Å². The van der Waals surface area contributed by atoms with Crippen LogP contribution >= 0.6 is 24.0 Å². The normalized spacial score (nSPS) is 23.6. The van der Waals surface area contributed by atoms with Crippen LogP contribution in [0.15, 0.2) is 18.2 Å². The summed E-state index contributed by atoms with van der Waals surface area (Å²) in [6.07, 6.45) is 5.35. The molecule has 0 radical (unpaired) electrons. The molecule has 0 unspecified atom stereocenters. The summed E-state index contributed by atoms with van der Waals surface area (Å²) in [4.78, 5) is 2.63. The van der Waals surface area contributed by atoms with Crippen LogP contribution in [0.3, 0.4) is 0 Å². The van der Waals surface area contributed by atoms with Gasteiger partial charge in [0, 0.05) is 29.2 Å². The van der Waals surface area contributed by atoms with Crippen LogP contribution in [0, 0.1) is 5.92 Å². The summed E-state index contributed by atoms with van der Waals surface area (Å²) in [6.45, 7) is 4.75. The number of rotatable bonds is 2. The number of benzene rings is 1. The van der Waals surface area contributed by atoms with Crippen molar-refractivity contribution in [2.75, 3.05) is 31.1 Å². The van der Waals surface area contributed by atoms with Gasteiger partial charge in [-0.3, -0.25) is 0 Å². The van der Waals surface area contributed by atoms with Crippen LogP contribution in [0.1, 0.15) is 31.2 Å². The fourth-order valence-electron chi connectivity index (χ4n) is 3.85. The van der Waals surface area contributed by atoms with Gasteiger partial charge < -0.3 is 10.2 Å². The second-order valence-corrected chi connectivity index (χ2v) is 6.95. The molecule has 1 saturated heterocycles. The van der Waals surface area contributed by atoms with Gasteiger partial charge in [0.15, 0.2) is 0 Å². The van der Waals surface area contributed by atoms with Gasteiger partial charge in [-0.05, 0) is 68.5 Å². The Balaban J connectivity index is 0.00000121. The van der Waals surface area contributed by atoms with Crippen molar-refractivity contribution in [3.05, 3.63) is 28.8 Å². The number of hydrogen-bond donors (Lipinski definition) is 1. The van der Waals surface area contributed by atoms with Gasteiger partial charge in [-0.2, -0.15) is 0 Å². The molecule has 2 aliphatic heterocycles. The lowest BCUT2D eigenvalue weighted by Crippen LogP contribution is -2.43. The fraction of sp³-hybridized carbons (Fsp3) is 0.625. The first-order valence-electron chi connectivity index (χ1n) is 7.53. The van der Waals surface area contributed by atoms with Gasteiger partial charge in [0.05, 0.1) is 0 Å². The molecule has 1 aromatic carbocycles. The highest BCUT2D eigenvalue weighted by Crippen LogP contribution is 2.48. The lowest BCUT2D eigenvalue weighted by atomic mass is 9.75. The van der Waals surface area contributed by atoms with Gasteiger partial charge in [0.1, 0.15) is 0 Å². The smallest absolute Gasteiger partial charge is 0.0410 e. The first-order valence-corrected chi connectivity index (χ1v) is 7.90. The summed E-state index contributed by atoms with van der Waals surface area (Å²) < 4.78 is 0. The zero-order chi connectivity index (χ0) is 12.9. The van der Waals surface area contributed by atoms with E-state index in [0.29, 0.717) is 5.41 Å². The zero-order valence-electron chi connectivity index (χ0n) is 11.7. The molecular formula is C16H22Cl2N2. The summed E-state index contributed by atoms with van der Waals surface area (Å²) >= 11 is 6.26. The number of halogens is 2. The molecule has 4 rings (SSSR count). The molecule has 0 aromatic heterocycles. The lowest BCUT2D eigenvalue weighted by Gasteiger charge is -2.35. The zero-order valence-corrected chi connectivity index (χ0v) is 13.3. The average molecular weight is 313 g/mol. The Labute approximate surface area is 132 Å². The van der Waals surface area contributed by atoms with E-state index in [9.17, 15) is 0 Å². The predicted molar refractivity (Wildman–Crippen MR) is 87.4 cm³/mol. The number of hydrogen-bond acceptors (Lipinski definition) is 2. The summed E-state index contributed by atoms with van der Waals surface area (Å²) in [6, 6.07) is 6.53. The van der Waals surface area contributed by atoms with E-state index in [1.807, 2.05) is 0 Å². The second-order valence-electron chi connectivity index (χ2n) is 6.52. The van der Waals surface area contributed by atoms with Crippen molar-refractivity contribution in [3.63, 3.8) is 0 Å². The van der Waals surface area contributed by atoms with Gasteiger partial charge in [0.2, 0.25) is 0 Å². The largest absolute Gasteiger partial charge is 0.370 e. The molecule has 0 atom stereocenters. The third kappa shape index (κ3) is 2.43. The highest BCUT2D eigenvalue weighted by molar-refractivity contribution is 6.30. The van der Waals surface area contributed by atoms with E-state index in [0.717, 1.165) is 24.0 Å². The third-order valence-corrected chi connectivity index (χ3v) is 5.34. The Hall–Kier alpha value is -0.440. The maximum Gasteiger partial charge on any atom is 0.0410 e. The van der Waals surface area contributed by atoms with E-state index in [-0.39, 0.29) is 12.4 Å². The molecule has 2 fully saturated rings. The van der Waals surface area contributed by atoms with Crippen molar-refractivity contribution in [1.82, 2.24) is 5.32 Å². The van der Waals surface area contributed by atoms with Crippen LogP contribution in [0.5, 0.6) is 0 Å². The number of nitrogens with one attached hydrogen (secondary N) is 1. The Kier molecular flexibility index (Phi) is 3.91. The van der Waals surface area contributed by atoms with E-state index in [1.54, 1.807) is 0 Å². The standard InChI is InChI=1S/C16H21ClN2.ClH/c17-13-3-4-15-14(9-13)16(5-7-18-8-6-16)11-19(15)10-12-1-2-12;/h3-4,9,12,18H,1-2,5-8,10-11H2;1H. The van der Waals surface area contributed by atoms with Gasteiger partial charge in [-0.25, -0.2) is 0 Å². The van der Waals surface area contributed by atoms with Crippen LogP contribution < -0.4 is 10.2 Å². The number of anilines is 1. The van der Waals surface area contributed by atoms with Gasteiger partial charge >= 0.3 is 0 Å². The lowest BCUT2D eigenvalue weighted by molar-refractivity contribution is 0.324. The minimum Gasteiger partial charge on any atom is -0.370 e. The fourth-order valence-corrected chi connectivity index (χ4v) is 4.02. The molecule has 2 nitrogen and oxygen atoms in total. The highest BCUT2D eigenvalue weighted by atomic mass is 35.5. The number of fused-ring (bicyclic) bond motifs is 2. The SMILES string of the molecule is Cl.Clc1ccc2c(c1)C1(CCNCC1)CN2CC1CC1. The molecule has 1 aromatic rings. The Morgan fingerprint density at radius 2 is 2.00 bits per heavy atom. The molecule has 4 heteroatoms. The monoisotopic (exact) mass is 312 g/mol. The molecular weight excluding hydrogens is 291 g/mol. The van der Waals surface area contributed by atoms with Crippen LogP contribution in [0.4, 0.5) is 5.69 Å². The van der Waals surface area contributed by atoms with Crippen molar-refractivity contribution in [2.24, 2.45) is 5.92 Å². The Morgan fingerprint density at radius 3 is 2.70 bits per heavy atom. The molecule has 20 heavy (non-hydrogen) atoms. The van der Waals surface area contributed by atoms with Crippen molar-refractivity contribution in [2.45, 2.75) is 31.1 Å². The maximum atomic E-state index is 6.26. The summed E-state index contributed by atoms with van der Waals surface area (Å²) in [7, 11) is 0. The minimum atomic E-state index is 0. The van der Waals surface area contributed by atoms with E-state index >= 15 is 0 Å². The molecule has 3 aliphatic rings. The summed E-state index contributed by atoms with van der Waals surface area (Å²) in [5, 5.41) is 4.39. The van der Waals surface area contributed by atoms with E-state index in [2.05, 4.69) is 28.4 Å². The summed E-state index contributed by atoms with van der Waals surface area (Å²) in [5.74, 6) is 0.945. The first-order chi connectivity index (χ1) is 9.27. The van der Waals surface area contributed by atoms with Crippen molar-refractivity contribution in [3.8, 4) is 0 Å². The van der Waals surface area contributed by atoms with Gasteiger partial charge in [-0.1, -0.05) is 11.6 Å². The Morgan fingerprint density at radius 1 is 1.25 bits per heavy atom. The molecule has 2 heterocycles. The summed E-state index contributed by atoms with van der Waals surface area (Å²) in [5.41, 5.74) is 3.33. The third-order valence-electron chi connectivity index (χ3n) is 5.10. The van der Waals surface area contributed by atoms with E-state index in [1.165, 1.54) is 50.0 Å². The predicted octanol–water partition coefficient (Wildman–Crippen LogP) is 3.61. The number of piperidine rings is 1. The molecule has 0 bridgehead atoms. The number of nitrogens with zero attached hydrogens (tertiary/aromatic N) is 1. The van der Waals surface area contributed by atoms with Crippen LogP contribution in [-0.2, 0) is 5.41 Å². The van der Waals surface area contributed by atoms with Gasteiger partial charge in [0.25, 0.3) is 0 Å². The highest BCUT2D eigenvalue weighted by Gasteiger charge is 2.44. The molecule has 1 N–H and O–H groups in total. The van der Waals surface area contributed by atoms with E-state index in [4.69, 9.17) is 11.6 Å². The first kappa shape index (κ1) is 14.5. The van der Waals surface area contributed by atoms with Crippen LogP contribution in [0.2, 0.25) is 5.02 Å². The maximum absolute atomic E-state index is 6.26. The molecule has 1 spiro atoms. The van der Waals surface area contributed by atoms with Crippen molar-refractivity contribution in [1.29, 1.82) is 0 Å².